The lowest BCUT2D eigenvalue weighted by Gasteiger charge is -2.08. The smallest absolute Gasteiger partial charge is 0.264 e. The van der Waals surface area contributed by atoms with Crippen LogP contribution >= 0.6 is 23.2 Å². The van der Waals surface area contributed by atoms with Crippen LogP contribution in [0.2, 0.25) is 10.0 Å². The molecule has 4 aromatic rings. The van der Waals surface area contributed by atoms with Crippen molar-refractivity contribution in [3.63, 3.8) is 0 Å². The molecule has 0 fully saturated rings. The minimum atomic E-state index is -2.67. The van der Waals surface area contributed by atoms with Gasteiger partial charge >= 0.3 is 0 Å². The number of aryl methyl sites for hydroxylation is 3. The lowest BCUT2D eigenvalue weighted by atomic mass is 10.1. The Balaban J connectivity index is 1.55. The largest absolute Gasteiger partial charge is 0.308 e. The highest BCUT2D eigenvalue weighted by molar-refractivity contribution is 6.35. The minimum Gasteiger partial charge on any atom is -0.308 e. The average Bonchev–Trinajstić information content (AvgIpc) is 3.22. The predicted octanol–water partition coefficient (Wildman–Crippen LogP) is 5.48. The van der Waals surface area contributed by atoms with Gasteiger partial charge in [0, 0.05) is 38.6 Å². The van der Waals surface area contributed by atoms with Gasteiger partial charge in [0.05, 0.1) is 17.6 Å². The van der Waals surface area contributed by atoms with Crippen LogP contribution in [0.15, 0.2) is 30.3 Å². The van der Waals surface area contributed by atoms with Crippen molar-refractivity contribution in [2.45, 2.75) is 40.3 Å². The lowest BCUT2D eigenvalue weighted by Crippen LogP contribution is -2.20. The fourth-order valence-electron chi connectivity index (χ4n) is 3.68. The van der Waals surface area contributed by atoms with E-state index in [1.165, 1.54) is 10.7 Å². The van der Waals surface area contributed by atoms with E-state index in [9.17, 15) is 13.6 Å². The number of pyridine rings is 1. The zero-order valence-electron chi connectivity index (χ0n) is 18.0. The van der Waals surface area contributed by atoms with Gasteiger partial charge in [-0.15, -0.1) is 0 Å². The maximum atomic E-state index is 13.5. The molecule has 0 aliphatic carbocycles. The van der Waals surface area contributed by atoms with Crippen LogP contribution in [-0.4, -0.2) is 30.5 Å². The Morgan fingerprint density at radius 1 is 1.09 bits per heavy atom. The number of amides is 1. The molecule has 1 N–H and O–H groups in total. The van der Waals surface area contributed by atoms with Gasteiger partial charge in [-0.05, 0) is 39.0 Å². The zero-order chi connectivity index (χ0) is 23.9. The van der Waals surface area contributed by atoms with Crippen LogP contribution in [-0.2, 0) is 17.9 Å². The maximum Gasteiger partial charge on any atom is 0.264 e. The van der Waals surface area contributed by atoms with Gasteiger partial charge in [0.25, 0.3) is 6.43 Å². The van der Waals surface area contributed by atoms with E-state index in [1.807, 2.05) is 6.92 Å². The van der Waals surface area contributed by atoms with Crippen LogP contribution in [0.3, 0.4) is 0 Å². The molecule has 0 aliphatic rings. The van der Waals surface area contributed by atoms with Crippen molar-refractivity contribution >= 4 is 46.0 Å². The SMILES string of the molecule is Cc1cc(C(F)F)c2c(C)nn(CC(=O)Nc3cc(C)n(Cc4c(Cl)cccc4Cl)n3)c2n1. The molecule has 0 atom stereocenters. The second-order valence-corrected chi connectivity index (χ2v) is 8.49. The van der Waals surface area contributed by atoms with E-state index in [4.69, 9.17) is 23.2 Å². The van der Waals surface area contributed by atoms with Gasteiger partial charge in [0.15, 0.2) is 11.5 Å². The van der Waals surface area contributed by atoms with Crippen LogP contribution in [0, 0.1) is 20.8 Å². The Hall–Kier alpha value is -3.04. The molecule has 172 valence electrons. The fraction of sp³-hybridized carbons (Fsp3) is 0.273. The molecule has 0 unspecified atom stereocenters. The molecule has 1 aromatic carbocycles. The number of aromatic nitrogens is 5. The third kappa shape index (κ3) is 4.69. The first kappa shape index (κ1) is 23.1. The normalized spacial score (nSPS) is 11.5. The van der Waals surface area contributed by atoms with Gasteiger partial charge in [-0.2, -0.15) is 10.2 Å². The first-order chi connectivity index (χ1) is 15.6. The number of alkyl halides is 2. The van der Waals surface area contributed by atoms with Crippen LogP contribution in [0.5, 0.6) is 0 Å². The number of nitrogens with one attached hydrogen (secondary N) is 1. The van der Waals surface area contributed by atoms with E-state index in [-0.39, 0.29) is 23.1 Å². The molecule has 11 heteroatoms. The molecular formula is C22H20Cl2F2N6O. The second-order valence-electron chi connectivity index (χ2n) is 7.67. The highest BCUT2D eigenvalue weighted by Crippen LogP contribution is 2.30. The number of halogens is 4. The summed E-state index contributed by atoms with van der Waals surface area (Å²) in [6.07, 6.45) is -2.67. The van der Waals surface area contributed by atoms with Gasteiger partial charge in [0.1, 0.15) is 6.54 Å². The number of anilines is 1. The molecule has 3 aromatic heterocycles. The molecule has 7 nitrogen and oxygen atoms in total. The van der Waals surface area contributed by atoms with E-state index >= 15 is 0 Å². The molecule has 1 amide bonds. The monoisotopic (exact) mass is 492 g/mol. The Labute approximate surface area is 198 Å². The average molecular weight is 493 g/mol. The van der Waals surface area contributed by atoms with Crippen LogP contribution in [0.4, 0.5) is 14.6 Å². The van der Waals surface area contributed by atoms with Crippen LogP contribution < -0.4 is 5.32 Å². The summed E-state index contributed by atoms with van der Waals surface area (Å²) in [6.45, 7) is 5.22. The topological polar surface area (TPSA) is 77.6 Å². The Morgan fingerprint density at radius 3 is 2.45 bits per heavy atom. The van der Waals surface area contributed by atoms with Crippen molar-refractivity contribution in [3.05, 3.63) is 68.6 Å². The maximum absolute atomic E-state index is 13.5. The number of hydrogen-bond acceptors (Lipinski definition) is 4. The van der Waals surface area contributed by atoms with E-state index < -0.39 is 12.3 Å². The Morgan fingerprint density at radius 2 is 1.79 bits per heavy atom. The van der Waals surface area contributed by atoms with E-state index in [0.717, 1.165) is 11.3 Å². The summed E-state index contributed by atoms with van der Waals surface area (Å²) in [7, 11) is 0. The van der Waals surface area contributed by atoms with Gasteiger partial charge in [-0.1, -0.05) is 29.3 Å². The second kappa shape index (κ2) is 9.07. The summed E-state index contributed by atoms with van der Waals surface area (Å²) in [5, 5.41) is 12.7. The molecular weight excluding hydrogens is 473 g/mol. The number of fused-ring (bicyclic) bond motifs is 1. The standard InChI is InChI=1S/C22H20Cl2F2N6O/c1-11-7-14(21(25)26)20-13(3)29-32(22(20)27-11)10-19(33)28-18-8-12(2)31(30-18)9-15-16(23)5-4-6-17(15)24/h4-8,21H,9-10H2,1-3H3,(H,28,30,33). The van der Waals surface area contributed by atoms with E-state index in [2.05, 4.69) is 20.5 Å². The quantitative estimate of drug-likeness (QED) is 0.386. The molecule has 0 aliphatic heterocycles. The molecule has 0 radical (unpaired) electrons. The number of carbonyl (C=O) groups is 1. The summed E-state index contributed by atoms with van der Waals surface area (Å²) < 4.78 is 30.0. The van der Waals surface area contributed by atoms with Gasteiger partial charge in [-0.3, -0.25) is 9.48 Å². The van der Waals surface area contributed by atoms with E-state index in [0.29, 0.717) is 33.8 Å². The molecule has 33 heavy (non-hydrogen) atoms. The third-order valence-electron chi connectivity index (χ3n) is 5.18. The lowest BCUT2D eigenvalue weighted by molar-refractivity contribution is -0.116. The zero-order valence-corrected chi connectivity index (χ0v) is 19.5. The van der Waals surface area contributed by atoms with Crippen LogP contribution in [0.25, 0.3) is 11.0 Å². The summed E-state index contributed by atoms with van der Waals surface area (Å²) in [4.78, 5) is 17.0. The van der Waals surface area contributed by atoms with Gasteiger partial charge in [-0.25, -0.2) is 18.4 Å². The van der Waals surface area contributed by atoms with Gasteiger partial charge < -0.3 is 5.32 Å². The molecule has 4 rings (SSSR count). The molecule has 0 spiro atoms. The summed E-state index contributed by atoms with van der Waals surface area (Å²) >= 11 is 12.5. The Bertz CT molecular complexity index is 1340. The first-order valence-corrected chi connectivity index (χ1v) is 10.8. The van der Waals surface area contributed by atoms with Crippen molar-refractivity contribution in [1.82, 2.24) is 24.5 Å². The van der Waals surface area contributed by atoms with Crippen molar-refractivity contribution in [3.8, 4) is 0 Å². The first-order valence-electron chi connectivity index (χ1n) is 10.0. The molecule has 0 saturated heterocycles. The predicted molar refractivity (Wildman–Crippen MR) is 123 cm³/mol. The van der Waals surface area contributed by atoms with Crippen molar-refractivity contribution in [2.75, 3.05) is 5.32 Å². The van der Waals surface area contributed by atoms with E-state index in [1.54, 1.807) is 42.8 Å². The van der Waals surface area contributed by atoms with Crippen molar-refractivity contribution < 1.29 is 13.6 Å². The summed E-state index contributed by atoms with van der Waals surface area (Å²) in [5.41, 5.74) is 2.42. The summed E-state index contributed by atoms with van der Waals surface area (Å²) in [6, 6.07) is 8.31. The van der Waals surface area contributed by atoms with Gasteiger partial charge in [0.2, 0.25) is 5.91 Å². The number of nitrogens with zero attached hydrogens (tertiary/aromatic N) is 5. The van der Waals surface area contributed by atoms with Crippen LogP contribution in [0.1, 0.15) is 34.6 Å². The summed E-state index contributed by atoms with van der Waals surface area (Å²) in [5.74, 6) is -0.0759. The number of hydrogen-bond donors (Lipinski definition) is 1. The minimum absolute atomic E-state index is 0.144. The van der Waals surface area contributed by atoms with Crippen molar-refractivity contribution in [1.29, 1.82) is 0 Å². The molecule has 3 heterocycles. The number of rotatable bonds is 6. The fourth-order valence-corrected chi connectivity index (χ4v) is 4.20. The molecule has 0 saturated carbocycles. The Kier molecular flexibility index (Phi) is 6.36. The molecule has 0 bridgehead atoms. The number of carbonyl (C=O) groups excluding carboxylic acids is 1. The third-order valence-corrected chi connectivity index (χ3v) is 5.89. The highest BCUT2D eigenvalue weighted by atomic mass is 35.5. The van der Waals surface area contributed by atoms with Crippen molar-refractivity contribution in [2.24, 2.45) is 0 Å². The number of benzene rings is 1. The highest BCUT2D eigenvalue weighted by Gasteiger charge is 2.21.